The van der Waals surface area contributed by atoms with Gasteiger partial charge in [-0.15, -0.1) is 0 Å². The summed E-state index contributed by atoms with van der Waals surface area (Å²) in [4.78, 5) is 14.1. The number of carbonyl (C=O) groups excluding carboxylic acids is 1. The summed E-state index contributed by atoms with van der Waals surface area (Å²) in [7, 11) is 0. The molecule has 1 saturated heterocycles. The highest BCUT2D eigenvalue weighted by molar-refractivity contribution is 5.80. The van der Waals surface area contributed by atoms with E-state index in [1.165, 1.54) is 12.5 Å². The van der Waals surface area contributed by atoms with E-state index in [0.717, 1.165) is 18.4 Å². The second-order valence-electron chi connectivity index (χ2n) is 6.42. The summed E-state index contributed by atoms with van der Waals surface area (Å²) < 4.78 is 31.1. The van der Waals surface area contributed by atoms with Crippen LogP contribution in [0, 0.1) is 0 Å². The Morgan fingerprint density at radius 2 is 2.36 bits per heavy atom. The van der Waals surface area contributed by atoms with E-state index in [9.17, 15) is 4.79 Å². The Balaban J connectivity index is 1.85. The van der Waals surface area contributed by atoms with Crippen molar-refractivity contribution >= 4 is 5.97 Å². The smallest absolute Gasteiger partial charge is 0.345 e. The first-order valence-corrected chi connectivity index (χ1v) is 8.77. The molecule has 2 heterocycles. The molecule has 0 radical (unpaired) electrons. The summed E-state index contributed by atoms with van der Waals surface area (Å²) in [5, 5.41) is 0. The first-order valence-electron chi connectivity index (χ1n) is 8.77. The molecule has 1 fully saturated rings. The van der Waals surface area contributed by atoms with Gasteiger partial charge in [0.05, 0.1) is 12.6 Å². The predicted molar refractivity (Wildman–Crippen MR) is 90.9 cm³/mol. The Kier molecular flexibility index (Phi) is 5.58. The molecule has 25 heavy (non-hydrogen) atoms. The van der Waals surface area contributed by atoms with E-state index in [0.29, 0.717) is 18.7 Å². The van der Waals surface area contributed by atoms with Gasteiger partial charge < -0.3 is 14.2 Å². The van der Waals surface area contributed by atoms with E-state index in [4.69, 9.17) is 14.2 Å². The summed E-state index contributed by atoms with van der Waals surface area (Å²) in [6.45, 7) is 2.54. The molecule has 2 atom stereocenters. The number of ether oxygens (including phenoxy) is 3. The Labute approximate surface area is 147 Å². The Morgan fingerprint density at radius 3 is 3.04 bits per heavy atom. The minimum Gasteiger partial charge on any atom is -0.466 e. The van der Waals surface area contributed by atoms with Gasteiger partial charge in [-0.05, 0) is 44.7 Å². The Bertz CT molecular complexity index is 625. The van der Waals surface area contributed by atoms with Gasteiger partial charge in [0.25, 0.3) is 0 Å². The summed E-state index contributed by atoms with van der Waals surface area (Å²) in [6, 6.07) is -0.250. The quantitative estimate of drug-likeness (QED) is 0.713. The molecule has 0 aromatic heterocycles. The fourth-order valence-corrected chi connectivity index (χ4v) is 3.54. The van der Waals surface area contributed by atoms with Crippen molar-refractivity contribution in [3.8, 4) is 0 Å². The number of nitrogens with zero attached hydrogens (tertiary/aromatic N) is 1. The molecule has 3 aliphatic rings. The number of likely N-dealkylation sites (tertiary alicyclic amines) is 1. The molecule has 1 aliphatic carbocycles. The van der Waals surface area contributed by atoms with Crippen LogP contribution >= 0.6 is 0 Å². The van der Waals surface area contributed by atoms with Crippen LogP contribution in [0.3, 0.4) is 0 Å². The van der Waals surface area contributed by atoms with E-state index in [-0.39, 0.29) is 25.6 Å². The number of carbonyl (C=O) groups is 1. The molecule has 0 aromatic carbocycles. The second kappa shape index (κ2) is 7.87. The maximum Gasteiger partial charge on any atom is 0.345 e. The zero-order valence-corrected chi connectivity index (χ0v) is 14.4. The fourth-order valence-electron chi connectivity index (χ4n) is 3.54. The van der Waals surface area contributed by atoms with E-state index < -0.39 is 11.6 Å². The predicted octanol–water partition coefficient (Wildman–Crippen LogP) is 3.36. The lowest BCUT2D eigenvalue weighted by atomic mass is 9.89. The molecule has 6 heteroatoms. The average molecular weight is 349 g/mol. The summed E-state index contributed by atoms with van der Waals surface area (Å²) >= 11 is 0. The lowest BCUT2D eigenvalue weighted by Gasteiger charge is -2.41. The molecule has 2 aliphatic heterocycles. The molecule has 5 nitrogen and oxygen atoms in total. The molecule has 0 N–H and O–H groups in total. The van der Waals surface area contributed by atoms with Crippen LogP contribution in [0.2, 0.25) is 0 Å². The second-order valence-corrected chi connectivity index (χ2v) is 6.42. The molecule has 3 rings (SSSR count). The number of allylic oxidation sites excluding steroid dienone is 3. The first kappa shape index (κ1) is 17.7. The lowest BCUT2D eigenvalue weighted by molar-refractivity contribution is -0.161. The standard InChI is InChI=1S/C19H24FNO4/c1-2-24-18(22)19(20)9-6-10-21(14-19)17(15-7-4-3-5-8-15)16-13-23-11-12-25-16/h3-4,7,11-13,17H,2,5-6,8-10,14H2,1H3. The molecule has 136 valence electrons. The Hall–Kier alpha value is -2.08. The Morgan fingerprint density at radius 1 is 1.48 bits per heavy atom. The fraction of sp³-hybridized carbons (Fsp3) is 0.526. The van der Waals surface area contributed by atoms with Crippen molar-refractivity contribution in [3.05, 3.63) is 48.3 Å². The zero-order valence-electron chi connectivity index (χ0n) is 14.4. The van der Waals surface area contributed by atoms with Crippen LogP contribution in [0.4, 0.5) is 4.39 Å². The minimum absolute atomic E-state index is 0.0119. The van der Waals surface area contributed by atoms with Crippen molar-refractivity contribution in [1.82, 2.24) is 4.90 Å². The van der Waals surface area contributed by atoms with Crippen molar-refractivity contribution in [1.29, 1.82) is 0 Å². The minimum atomic E-state index is -1.98. The van der Waals surface area contributed by atoms with Crippen LogP contribution in [0.15, 0.2) is 48.3 Å². The summed E-state index contributed by atoms with van der Waals surface area (Å²) in [6.07, 6.45) is 13.2. The van der Waals surface area contributed by atoms with Gasteiger partial charge in [0.15, 0.2) is 5.76 Å². The number of piperidine rings is 1. The average Bonchev–Trinajstić information content (AvgIpc) is 2.64. The molecule has 0 spiro atoms. The van der Waals surface area contributed by atoms with Crippen molar-refractivity contribution < 1.29 is 23.4 Å². The maximum atomic E-state index is 15.2. The van der Waals surface area contributed by atoms with Crippen LogP contribution in [-0.4, -0.2) is 42.3 Å². The highest BCUT2D eigenvalue weighted by atomic mass is 19.1. The van der Waals surface area contributed by atoms with Gasteiger partial charge in [-0.1, -0.05) is 18.2 Å². The van der Waals surface area contributed by atoms with Crippen molar-refractivity contribution in [2.24, 2.45) is 0 Å². The number of esters is 1. The molecular weight excluding hydrogens is 325 g/mol. The third-order valence-corrected chi connectivity index (χ3v) is 4.67. The highest BCUT2D eigenvalue weighted by Gasteiger charge is 2.46. The number of rotatable bonds is 5. The van der Waals surface area contributed by atoms with Gasteiger partial charge in [0.1, 0.15) is 18.8 Å². The van der Waals surface area contributed by atoms with Crippen LogP contribution in [0.1, 0.15) is 32.6 Å². The van der Waals surface area contributed by atoms with E-state index in [2.05, 4.69) is 6.08 Å². The van der Waals surface area contributed by atoms with Gasteiger partial charge in [0, 0.05) is 6.54 Å². The monoisotopic (exact) mass is 349 g/mol. The van der Waals surface area contributed by atoms with Gasteiger partial charge in [-0.25, -0.2) is 9.18 Å². The third kappa shape index (κ3) is 3.95. The maximum absolute atomic E-state index is 15.2. The van der Waals surface area contributed by atoms with Gasteiger partial charge in [0.2, 0.25) is 5.67 Å². The van der Waals surface area contributed by atoms with E-state index in [1.807, 2.05) is 17.1 Å². The highest BCUT2D eigenvalue weighted by Crippen LogP contribution is 2.34. The normalized spacial score (nSPS) is 27.6. The molecular formula is C19H24FNO4. The lowest BCUT2D eigenvalue weighted by Crippen LogP contribution is -2.55. The molecule has 0 saturated carbocycles. The van der Waals surface area contributed by atoms with Crippen LogP contribution in [-0.2, 0) is 19.0 Å². The SMILES string of the molecule is CCOC(=O)C1(F)CCCN(C(C2=CC=CCC2)C2=COC=CO2)C1. The molecule has 0 bridgehead atoms. The first-order chi connectivity index (χ1) is 12.1. The third-order valence-electron chi connectivity index (χ3n) is 4.67. The van der Waals surface area contributed by atoms with Crippen LogP contribution < -0.4 is 0 Å². The van der Waals surface area contributed by atoms with Gasteiger partial charge in [-0.3, -0.25) is 4.90 Å². The van der Waals surface area contributed by atoms with E-state index >= 15 is 4.39 Å². The van der Waals surface area contributed by atoms with Crippen molar-refractivity contribution in [3.63, 3.8) is 0 Å². The van der Waals surface area contributed by atoms with E-state index in [1.54, 1.807) is 13.2 Å². The van der Waals surface area contributed by atoms with Crippen LogP contribution in [0.5, 0.6) is 0 Å². The topological polar surface area (TPSA) is 48.0 Å². The number of hydrogen-bond donors (Lipinski definition) is 0. The van der Waals surface area contributed by atoms with Gasteiger partial charge in [-0.2, -0.15) is 0 Å². The largest absolute Gasteiger partial charge is 0.466 e. The van der Waals surface area contributed by atoms with Crippen molar-refractivity contribution in [2.75, 3.05) is 19.7 Å². The van der Waals surface area contributed by atoms with Crippen molar-refractivity contribution in [2.45, 2.75) is 44.3 Å². The molecule has 0 aromatic rings. The summed E-state index contributed by atoms with van der Waals surface area (Å²) in [5.74, 6) is -0.164. The molecule has 2 unspecified atom stereocenters. The number of halogens is 1. The number of alkyl halides is 1. The molecule has 0 amide bonds. The summed E-state index contributed by atoms with van der Waals surface area (Å²) in [5.41, 5.74) is -0.857. The van der Waals surface area contributed by atoms with Gasteiger partial charge >= 0.3 is 5.97 Å². The zero-order chi connectivity index (χ0) is 17.7. The van der Waals surface area contributed by atoms with Crippen LogP contribution in [0.25, 0.3) is 0 Å². The number of hydrogen-bond acceptors (Lipinski definition) is 5.